The van der Waals surface area contributed by atoms with Crippen molar-refractivity contribution in [3.05, 3.63) is 59.7 Å². The van der Waals surface area contributed by atoms with Crippen molar-refractivity contribution in [1.82, 2.24) is 0 Å². The average Bonchev–Trinajstić information content (AvgIpc) is 2.46. The molecule has 0 heterocycles. The summed E-state index contributed by atoms with van der Waals surface area (Å²) >= 11 is 0. The molecule has 0 spiro atoms. The standard InChI is InChI=1S/C16H12F2O3/c1-9(16(20)21)15(19)11-4-2-10(3-5-11)13-7-6-12(17)8-14(13)18/h2-9H,1H3,(H,20,21). The summed E-state index contributed by atoms with van der Waals surface area (Å²) in [4.78, 5) is 22.6. The third kappa shape index (κ3) is 3.13. The molecule has 108 valence electrons. The van der Waals surface area contributed by atoms with E-state index < -0.39 is 29.3 Å². The van der Waals surface area contributed by atoms with E-state index in [9.17, 15) is 18.4 Å². The number of rotatable bonds is 4. The predicted octanol–water partition coefficient (Wildman–Crippen LogP) is 3.54. The van der Waals surface area contributed by atoms with Crippen LogP contribution >= 0.6 is 0 Å². The van der Waals surface area contributed by atoms with E-state index in [2.05, 4.69) is 0 Å². The summed E-state index contributed by atoms with van der Waals surface area (Å²) in [6.07, 6.45) is 0. The summed E-state index contributed by atoms with van der Waals surface area (Å²) in [7, 11) is 0. The van der Waals surface area contributed by atoms with E-state index in [-0.39, 0.29) is 11.1 Å². The zero-order chi connectivity index (χ0) is 15.6. The van der Waals surface area contributed by atoms with Gasteiger partial charge >= 0.3 is 5.97 Å². The fourth-order valence-electron chi connectivity index (χ4n) is 1.90. The first kappa shape index (κ1) is 14.8. The third-order valence-electron chi connectivity index (χ3n) is 3.18. The van der Waals surface area contributed by atoms with Gasteiger partial charge < -0.3 is 5.11 Å². The molecule has 1 N–H and O–H groups in total. The molecule has 2 aromatic rings. The highest BCUT2D eigenvalue weighted by molar-refractivity contribution is 6.08. The Balaban J connectivity index is 2.31. The van der Waals surface area contributed by atoms with E-state index in [4.69, 9.17) is 5.11 Å². The number of carbonyl (C=O) groups is 2. The number of carbonyl (C=O) groups excluding carboxylic acids is 1. The van der Waals surface area contributed by atoms with Crippen molar-refractivity contribution in [2.75, 3.05) is 0 Å². The molecule has 2 aromatic carbocycles. The Labute approximate surface area is 119 Å². The van der Waals surface area contributed by atoms with E-state index in [0.717, 1.165) is 12.1 Å². The van der Waals surface area contributed by atoms with Gasteiger partial charge in [0.1, 0.15) is 17.6 Å². The molecule has 1 atom stereocenters. The zero-order valence-corrected chi connectivity index (χ0v) is 11.1. The molecule has 0 bridgehead atoms. The number of benzene rings is 2. The number of carboxylic acid groups (broad SMARTS) is 1. The van der Waals surface area contributed by atoms with Crippen molar-refractivity contribution < 1.29 is 23.5 Å². The number of halogens is 2. The number of hydrogen-bond acceptors (Lipinski definition) is 2. The third-order valence-corrected chi connectivity index (χ3v) is 3.18. The summed E-state index contributed by atoms with van der Waals surface area (Å²) in [5, 5.41) is 8.80. The van der Waals surface area contributed by atoms with Crippen LogP contribution in [0.15, 0.2) is 42.5 Å². The topological polar surface area (TPSA) is 54.4 Å². The number of hydrogen-bond donors (Lipinski definition) is 1. The Hall–Kier alpha value is -2.56. The van der Waals surface area contributed by atoms with Crippen LogP contribution < -0.4 is 0 Å². The summed E-state index contributed by atoms with van der Waals surface area (Å²) < 4.78 is 26.5. The number of carboxylic acids is 1. The van der Waals surface area contributed by atoms with Crippen LogP contribution in [0.5, 0.6) is 0 Å². The minimum absolute atomic E-state index is 0.210. The Morgan fingerprint density at radius 2 is 1.67 bits per heavy atom. The SMILES string of the molecule is CC(C(=O)O)C(=O)c1ccc(-c2ccc(F)cc2F)cc1. The van der Waals surface area contributed by atoms with Gasteiger partial charge in [0.15, 0.2) is 5.78 Å². The summed E-state index contributed by atoms with van der Waals surface area (Å²) in [5.74, 6) is -4.23. The molecular formula is C16H12F2O3. The van der Waals surface area contributed by atoms with Crippen LogP contribution in [-0.2, 0) is 4.79 Å². The van der Waals surface area contributed by atoms with Crippen LogP contribution in [0.4, 0.5) is 8.78 Å². The van der Waals surface area contributed by atoms with Crippen LogP contribution in [0, 0.1) is 17.6 Å². The number of ketones is 1. The van der Waals surface area contributed by atoms with Crippen LogP contribution in [0.1, 0.15) is 17.3 Å². The molecular weight excluding hydrogens is 278 g/mol. The largest absolute Gasteiger partial charge is 0.481 e. The van der Waals surface area contributed by atoms with Gasteiger partial charge in [-0.15, -0.1) is 0 Å². The molecule has 1 unspecified atom stereocenters. The zero-order valence-electron chi connectivity index (χ0n) is 11.1. The lowest BCUT2D eigenvalue weighted by Crippen LogP contribution is -2.20. The van der Waals surface area contributed by atoms with Crippen molar-refractivity contribution in [1.29, 1.82) is 0 Å². The Bertz CT molecular complexity index is 693. The van der Waals surface area contributed by atoms with Gasteiger partial charge in [0.05, 0.1) is 0 Å². The fraction of sp³-hybridized carbons (Fsp3) is 0.125. The quantitative estimate of drug-likeness (QED) is 0.692. The van der Waals surface area contributed by atoms with Crippen molar-refractivity contribution in [2.24, 2.45) is 5.92 Å². The van der Waals surface area contributed by atoms with Gasteiger partial charge in [0, 0.05) is 17.2 Å². The molecule has 0 saturated heterocycles. The molecule has 21 heavy (non-hydrogen) atoms. The predicted molar refractivity (Wildman–Crippen MR) is 72.9 cm³/mol. The highest BCUT2D eigenvalue weighted by Gasteiger charge is 2.21. The highest BCUT2D eigenvalue weighted by atomic mass is 19.1. The van der Waals surface area contributed by atoms with Gasteiger partial charge in [-0.2, -0.15) is 0 Å². The molecule has 0 amide bonds. The van der Waals surface area contributed by atoms with Crippen molar-refractivity contribution in [3.63, 3.8) is 0 Å². The maximum Gasteiger partial charge on any atom is 0.314 e. The molecule has 0 aliphatic heterocycles. The molecule has 0 aliphatic rings. The van der Waals surface area contributed by atoms with Crippen molar-refractivity contribution in [2.45, 2.75) is 6.92 Å². The lowest BCUT2D eigenvalue weighted by Gasteiger charge is -2.07. The first-order chi connectivity index (χ1) is 9.90. The van der Waals surface area contributed by atoms with Crippen LogP contribution in [0.3, 0.4) is 0 Å². The molecule has 0 fully saturated rings. The Morgan fingerprint density at radius 1 is 1.05 bits per heavy atom. The summed E-state index contributed by atoms with van der Waals surface area (Å²) in [6.45, 7) is 1.30. The van der Waals surface area contributed by atoms with Gasteiger partial charge in [-0.05, 0) is 24.6 Å². The lowest BCUT2D eigenvalue weighted by atomic mass is 9.97. The van der Waals surface area contributed by atoms with Gasteiger partial charge in [-0.1, -0.05) is 24.3 Å². The van der Waals surface area contributed by atoms with Crippen LogP contribution in [0.2, 0.25) is 0 Å². The van der Waals surface area contributed by atoms with E-state index in [1.54, 1.807) is 0 Å². The van der Waals surface area contributed by atoms with Crippen LogP contribution in [-0.4, -0.2) is 16.9 Å². The number of Topliss-reactive ketones (excluding diaryl/α,β-unsaturated/α-hetero) is 1. The maximum atomic E-state index is 13.6. The second kappa shape index (κ2) is 5.83. The minimum Gasteiger partial charge on any atom is -0.481 e. The molecule has 3 nitrogen and oxygen atoms in total. The molecule has 5 heteroatoms. The highest BCUT2D eigenvalue weighted by Crippen LogP contribution is 2.24. The first-order valence-corrected chi connectivity index (χ1v) is 6.22. The normalized spacial score (nSPS) is 12.0. The van der Waals surface area contributed by atoms with E-state index in [1.807, 2.05) is 0 Å². The fourth-order valence-corrected chi connectivity index (χ4v) is 1.90. The van der Waals surface area contributed by atoms with E-state index in [1.165, 1.54) is 37.3 Å². The second-order valence-corrected chi connectivity index (χ2v) is 4.63. The molecule has 0 aliphatic carbocycles. The average molecular weight is 290 g/mol. The van der Waals surface area contributed by atoms with Crippen LogP contribution in [0.25, 0.3) is 11.1 Å². The molecule has 0 aromatic heterocycles. The van der Waals surface area contributed by atoms with Gasteiger partial charge in [0.25, 0.3) is 0 Å². The Morgan fingerprint density at radius 3 is 2.19 bits per heavy atom. The lowest BCUT2D eigenvalue weighted by molar-refractivity contribution is -0.139. The molecule has 2 rings (SSSR count). The monoisotopic (exact) mass is 290 g/mol. The van der Waals surface area contributed by atoms with Crippen molar-refractivity contribution in [3.8, 4) is 11.1 Å². The summed E-state index contributed by atoms with van der Waals surface area (Å²) in [5.41, 5.74) is 0.921. The van der Waals surface area contributed by atoms with E-state index in [0.29, 0.717) is 5.56 Å². The molecule has 0 saturated carbocycles. The first-order valence-electron chi connectivity index (χ1n) is 6.22. The maximum absolute atomic E-state index is 13.6. The Kier molecular flexibility index (Phi) is 4.12. The van der Waals surface area contributed by atoms with E-state index >= 15 is 0 Å². The van der Waals surface area contributed by atoms with Gasteiger partial charge in [-0.25, -0.2) is 8.78 Å². The van der Waals surface area contributed by atoms with Crippen molar-refractivity contribution >= 4 is 11.8 Å². The molecule has 0 radical (unpaired) electrons. The van der Waals surface area contributed by atoms with Gasteiger partial charge in [0.2, 0.25) is 0 Å². The summed E-state index contributed by atoms with van der Waals surface area (Å²) in [6, 6.07) is 9.09. The van der Waals surface area contributed by atoms with Gasteiger partial charge in [-0.3, -0.25) is 9.59 Å². The smallest absolute Gasteiger partial charge is 0.314 e. The second-order valence-electron chi connectivity index (χ2n) is 4.63. The number of aliphatic carboxylic acids is 1. The minimum atomic E-state index is -1.20.